The van der Waals surface area contributed by atoms with Crippen molar-refractivity contribution >= 4 is 33.5 Å². The van der Waals surface area contributed by atoms with Crippen LogP contribution in [-0.4, -0.2) is 25.0 Å². The van der Waals surface area contributed by atoms with Crippen molar-refractivity contribution in [2.75, 3.05) is 18.1 Å². The normalized spacial score (nSPS) is 16.5. The first-order chi connectivity index (χ1) is 7.20. The minimum absolute atomic E-state index is 0.242. The number of morpholine rings is 1. The molecule has 1 amide bonds. The highest BCUT2D eigenvalue weighted by molar-refractivity contribution is 9.10. The number of para-hydroxylation sites is 1. The summed E-state index contributed by atoms with van der Waals surface area (Å²) in [5.41, 5.74) is 0.694. The topological polar surface area (TPSA) is 46.6 Å². The van der Waals surface area contributed by atoms with Crippen LogP contribution in [0.15, 0.2) is 28.7 Å². The number of halogens is 1. The van der Waals surface area contributed by atoms with Gasteiger partial charge < -0.3 is 4.74 Å². The van der Waals surface area contributed by atoms with Crippen LogP contribution in [0.2, 0.25) is 0 Å². The molecular formula is C10H8BrNO3. The maximum Gasteiger partial charge on any atom is 0.397 e. The fourth-order valence-corrected chi connectivity index (χ4v) is 1.90. The van der Waals surface area contributed by atoms with Crippen LogP contribution < -0.4 is 4.90 Å². The average Bonchev–Trinajstić information content (AvgIpc) is 2.23. The minimum atomic E-state index is -0.794. The van der Waals surface area contributed by atoms with Gasteiger partial charge in [0.05, 0.1) is 12.2 Å². The van der Waals surface area contributed by atoms with Crippen molar-refractivity contribution in [3.63, 3.8) is 0 Å². The highest BCUT2D eigenvalue weighted by Crippen LogP contribution is 2.26. The molecule has 0 radical (unpaired) electrons. The molecule has 1 saturated heterocycles. The molecule has 0 unspecified atom stereocenters. The monoisotopic (exact) mass is 269 g/mol. The zero-order valence-corrected chi connectivity index (χ0v) is 9.36. The Morgan fingerprint density at radius 1 is 1.27 bits per heavy atom. The molecule has 0 saturated carbocycles. The highest BCUT2D eigenvalue weighted by Gasteiger charge is 2.30. The summed E-state index contributed by atoms with van der Waals surface area (Å²) in [5.74, 6) is -1.41. The lowest BCUT2D eigenvalue weighted by molar-refractivity contribution is -0.156. The lowest BCUT2D eigenvalue weighted by Gasteiger charge is -2.26. The SMILES string of the molecule is O=C1OCCN(c2ccccc2Br)C1=O. The second-order valence-corrected chi connectivity index (χ2v) is 3.90. The summed E-state index contributed by atoms with van der Waals surface area (Å²) in [5, 5.41) is 0. The van der Waals surface area contributed by atoms with Crippen LogP contribution in [0.3, 0.4) is 0 Å². The summed E-state index contributed by atoms with van der Waals surface area (Å²) >= 11 is 3.33. The Morgan fingerprint density at radius 2 is 2.00 bits per heavy atom. The number of ether oxygens (including phenoxy) is 1. The van der Waals surface area contributed by atoms with E-state index in [1.54, 1.807) is 6.07 Å². The van der Waals surface area contributed by atoms with Gasteiger partial charge in [0.25, 0.3) is 0 Å². The van der Waals surface area contributed by atoms with Crippen molar-refractivity contribution in [2.24, 2.45) is 0 Å². The number of cyclic esters (lactones) is 1. The molecule has 0 N–H and O–H groups in total. The van der Waals surface area contributed by atoms with Gasteiger partial charge in [-0.1, -0.05) is 12.1 Å². The third-order valence-corrected chi connectivity index (χ3v) is 2.78. The number of rotatable bonds is 1. The van der Waals surface area contributed by atoms with Gasteiger partial charge >= 0.3 is 11.9 Å². The number of amides is 1. The van der Waals surface area contributed by atoms with Crippen LogP contribution in [0.4, 0.5) is 5.69 Å². The van der Waals surface area contributed by atoms with Gasteiger partial charge in [-0.3, -0.25) is 9.69 Å². The molecule has 1 aromatic carbocycles. The maximum absolute atomic E-state index is 11.5. The van der Waals surface area contributed by atoms with Crippen molar-refractivity contribution in [1.29, 1.82) is 0 Å². The lowest BCUT2D eigenvalue weighted by Crippen LogP contribution is -2.45. The minimum Gasteiger partial charge on any atom is -0.457 e. The van der Waals surface area contributed by atoms with E-state index in [9.17, 15) is 9.59 Å². The molecule has 5 heteroatoms. The molecule has 78 valence electrons. The molecule has 0 aliphatic carbocycles. The van der Waals surface area contributed by atoms with Gasteiger partial charge in [0.1, 0.15) is 6.61 Å². The van der Waals surface area contributed by atoms with Gasteiger partial charge in [-0.2, -0.15) is 0 Å². The Morgan fingerprint density at radius 3 is 2.73 bits per heavy atom. The molecule has 0 aromatic heterocycles. The highest BCUT2D eigenvalue weighted by atomic mass is 79.9. The van der Waals surface area contributed by atoms with E-state index in [-0.39, 0.29) is 6.61 Å². The van der Waals surface area contributed by atoms with E-state index in [1.807, 2.05) is 18.2 Å². The standard InChI is InChI=1S/C10H8BrNO3/c11-7-3-1-2-4-8(7)12-5-6-15-10(14)9(12)13/h1-4H,5-6H2. The van der Waals surface area contributed by atoms with Gasteiger partial charge in [0.2, 0.25) is 0 Å². The molecule has 15 heavy (non-hydrogen) atoms. The molecule has 1 aromatic rings. The summed E-state index contributed by atoms with van der Waals surface area (Å²) < 4.78 is 5.42. The fourth-order valence-electron chi connectivity index (χ4n) is 1.40. The number of carbonyl (C=O) groups excluding carboxylic acids is 2. The first-order valence-electron chi connectivity index (χ1n) is 4.43. The molecule has 1 fully saturated rings. The summed E-state index contributed by atoms with van der Waals surface area (Å²) in [4.78, 5) is 24.0. The summed E-state index contributed by atoms with van der Waals surface area (Å²) in [6.45, 7) is 0.638. The quantitative estimate of drug-likeness (QED) is 0.571. The number of hydrogen-bond donors (Lipinski definition) is 0. The van der Waals surface area contributed by atoms with E-state index >= 15 is 0 Å². The summed E-state index contributed by atoms with van der Waals surface area (Å²) in [7, 11) is 0. The molecule has 0 spiro atoms. The van der Waals surface area contributed by atoms with E-state index in [0.29, 0.717) is 12.2 Å². The van der Waals surface area contributed by atoms with Gasteiger partial charge in [-0.15, -0.1) is 0 Å². The molecule has 1 aliphatic rings. The average molecular weight is 270 g/mol. The first kappa shape index (κ1) is 10.2. The van der Waals surface area contributed by atoms with Crippen LogP contribution in [0, 0.1) is 0 Å². The zero-order valence-electron chi connectivity index (χ0n) is 7.77. The number of benzene rings is 1. The van der Waals surface area contributed by atoms with Gasteiger partial charge in [0, 0.05) is 4.47 Å². The van der Waals surface area contributed by atoms with E-state index in [1.165, 1.54) is 4.90 Å². The van der Waals surface area contributed by atoms with Crippen molar-refractivity contribution in [1.82, 2.24) is 0 Å². The van der Waals surface area contributed by atoms with Gasteiger partial charge in [0.15, 0.2) is 0 Å². The Balaban J connectivity index is 2.34. The molecule has 2 rings (SSSR count). The van der Waals surface area contributed by atoms with Crippen LogP contribution >= 0.6 is 15.9 Å². The number of anilines is 1. The largest absolute Gasteiger partial charge is 0.457 e. The van der Waals surface area contributed by atoms with E-state index in [4.69, 9.17) is 0 Å². The number of hydrogen-bond acceptors (Lipinski definition) is 3. The predicted octanol–water partition coefficient (Wildman–Crippen LogP) is 1.34. The van der Waals surface area contributed by atoms with Crippen molar-refractivity contribution in [3.05, 3.63) is 28.7 Å². The second-order valence-electron chi connectivity index (χ2n) is 3.04. The molecule has 0 bridgehead atoms. The predicted molar refractivity (Wildman–Crippen MR) is 57.5 cm³/mol. The van der Waals surface area contributed by atoms with E-state index < -0.39 is 11.9 Å². The molecule has 4 nitrogen and oxygen atoms in total. The first-order valence-corrected chi connectivity index (χ1v) is 5.22. The Bertz CT molecular complexity index is 419. The van der Waals surface area contributed by atoms with Crippen LogP contribution in [0.1, 0.15) is 0 Å². The van der Waals surface area contributed by atoms with E-state index in [0.717, 1.165) is 4.47 Å². The molecule has 1 heterocycles. The lowest BCUT2D eigenvalue weighted by atomic mass is 10.2. The number of nitrogens with zero attached hydrogens (tertiary/aromatic N) is 1. The summed E-state index contributed by atoms with van der Waals surface area (Å²) in [6, 6.07) is 7.26. The molecule has 0 atom stereocenters. The summed E-state index contributed by atoms with van der Waals surface area (Å²) in [6.07, 6.45) is 0. The Labute approximate surface area is 94.9 Å². The van der Waals surface area contributed by atoms with Gasteiger partial charge in [-0.25, -0.2) is 4.79 Å². The van der Waals surface area contributed by atoms with Crippen molar-refractivity contribution in [3.8, 4) is 0 Å². The van der Waals surface area contributed by atoms with Gasteiger partial charge in [-0.05, 0) is 28.1 Å². The second kappa shape index (κ2) is 4.02. The zero-order chi connectivity index (χ0) is 10.8. The third-order valence-electron chi connectivity index (χ3n) is 2.11. The Kier molecular flexibility index (Phi) is 2.73. The smallest absolute Gasteiger partial charge is 0.397 e. The van der Waals surface area contributed by atoms with Crippen molar-refractivity contribution < 1.29 is 14.3 Å². The molecular weight excluding hydrogens is 262 g/mol. The Hall–Kier alpha value is -1.36. The third kappa shape index (κ3) is 1.87. The van der Waals surface area contributed by atoms with Crippen LogP contribution in [0.5, 0.6) is 0 Å². The fraction of sp³-hybridized carbons (Fsp3) is 0.200. The van der Waals surface area contributed by atoms with E-state index in [2.05, 4.69) is 20.7 Å². The van der Waals surface area contributed by atoms with Crippen LogP contribution in [0.25, 0.3) is 0 Å². The van der Waals surface area contributed by atoms with Crippen molar-refractivity contribution in [2.45, 2.75) is 0 Å². The molecule has 1 aliphatic heterocycles. The van der Waals surface area contributed by atoms with Crippen LogP contribution in [-0.2, 0) is 14.3 Å². The maximum atomic E-state index is 11.5. The number of carbonyl (C=O) groups is 2. The number of esters is 1.